The molecule has 0 unspecified atom stereocenters. The lowest BCUT2D eigenvalue weighted by atomic mass is 10.3. The number of nitrogens with two attached hydrogens (primary N) is 1. The minimum atomic E-state index is -0.341. The summed E-state index contributed by atoms with van der Waals surface area (Å²) in [6, 6.07) is 3.85. The minimum Gasteiger partial charge on any atom is -0.469 e. The molecular weight excluding hydrogens is 206 g/mol. The van der Waals surface area contributed by atoms with Crippen LogP contribution in [0.2, 0.25) is 0 Å². The Morgan fingerprint density at radius 1 is 1.62 bits per heavy atom. The van der Waals surface area contributed by atoms with E-state index >= 15 is 0 Å². The standard InChI is InChI=1S/C11H13N3O2/c1-7-3-4-14-9(5-7)13-8(11(14)12)6-10(15)16-2/h3-5H,6,12H2,1-2H3. The first-order valence-corrected chi connectivity index (χ1v) is 4.91. The van der Waals surface area contributed by atoms with Gasteiger partial charge in [-0.2, -0.15) is 0 Å². The van der Waals surface area contributed by atoms with Crippen molar-refractivity contribution in [3.8, 4) is 0 Å². The van der Waals surface area contributed by atoms with Gasteiger partial charge in [-0.05, 0) is 24.6 Å². The summed E-state index contributed by atoms with van der Waals surface area (Å²) in [5.74, 6) is 0.146. The Morgan fingerprint density at radius 2 is 2.38 bits per heavy atom. The number of nitrogen functional groups attached to an aromatic ring is 1. The smallest absolute Gasteiger partial charge is 0.311 e. The van der Waals surface area contributed by atoms with E-state index in [1.54, 1.807) is 4.40 Å². The number of hydrogen-bond donors (Lipinski definition) is 1. The SMILES string of the molecule is COC(=O)Cc1nc2cc(C)ccn2c1N. The molecule has 84 valence electrons. The van der Waals surface area contributed by atoms with Gasteiger partial charge >= 0.3 is 5.97 Å². The van der Waals surface area contributed by atoms with Gasteiger partial charge in [0.2, 0.25) is 0 Å². The quantitative estimate of drug-likeness (QED) is 0.763. The van der Waals surface area contributed by atoms with Gasteiger partial charge in [0, 0.05) is 6.20 Å². The van der Waals surface area contributed by atoms with Crippen molar-refractivity contribution in [1.82, 2.24) is 9.38 Å². The highest BCUT2D eigenvalue weighted by molar-refractivity contribution is 5.74. The molecule has 0 radical (unpaired) electrons. The van der Waals surface area contributed by atoms with Crippen molar-refractivity contribution in [3.05, 3.63) is 29.6 Å². The first kappa shape index (κ1) is 10.5. The molecule has 2 rings (SSSR count). The summed E-state index contributed by atoms with van der Waals surface area (Å²) < 4.78 is 6.34. The molecule has 5 nitrogen and oxygen atoms in total. The number of pyridine rings is 1. The van der Waals surface area contributed by atoms with Crippen LogP contribution in [0.3, 0.4) is 0 Å². The molecule has 16 heavy (non-hydrogen) atoms. The van der Waals surface area contributed by atoms with E-state index in [0.717, 1.165) is 11.2 Å². The summed E-state index contributed by atoms with van der Waals surface area (Å²) in [5, 5.41) is 0. The Morgan fingerprint density at radius 3 is 3.06 bits per heavy atom. The second-order valence-electron chi connectivity index (χ2n) is 3.63. The van der Waals surface area contributed by atoms with Gasteiger partial charge in [-0.3, -0.25) is 9.20 Å². The van der Waals surface area contributed by atoms with Crippen molar-refractivity contribution in [2.75, 3.05) is 12.8 Å². The molecule has 2 aromatic heterocycles. The number of fused-ring (bicyclic) bond motifs is 1. The van der Waals surface area contributed by atoms with Crippen LogP contribution in [0.15, 0.2) is 18.3 Å². The molecule has 5 heteroatoms. The van der Waals surface area contributed by atoms with E-state index in [1.807, 2.05) is 25.3 Å². The fourth-order valence-corrected chi connectivity index (χ4v) is 1.55. The third-order valence-electron chi connectivity index (χ3n) is 2.43. The van der Waals surface area contributed by atoms with Crippen LogP contribution >= 0.6 is 0 Å². The Kier molecular flexibility index (Phi) is 2.52. The molecule has 0 spiro atoms. The Balaban J connectivity index is 2.47. The highest BCUT2D eigenvalue weighted by atomic mass is 16.5. The van der Waals surface area contributed by atoms with Gasteiger partial charge < -0.3 is 10.5 Å². The van der Waals surface area contributed by atoms with E-state index in [-0.39, 0.29) is 12.4 Å². The molecule has 0 fully saturated rings. The van der Waals surface area contributed by atoms with Gasteiger partial charge in [-0.25, -0.2) is 4.98 Å². The van der Waals surface area contributed by atoms with Gasteiger partial charge in [0.25, 0.3) is 0 Å². The second-order valence-corrected chi connectivity index (χ2v) is 3.63. The maximum Gasteiger partial charge on any atom is 0.311 e. The first-order valence-electron chi connectivity index (χ1n) is 4.91. The summed E-state index contributed by atoms with van der Waals surface area (Å²) in [4.78, 5) is 15.4. The molecule has 0 aliphatic rings. The highest BCUT2D eigenvalue weighted by Gasteiger charge is 2.12. The van der Waals surface area contributed by atoms with E-state index in [1.165, 1.54) is 7.11 Å². The molecular formula is C11H13N3O2. The molecule has 2 heterocycles. The van der Waals surface area contributed by atoms with Crippen molar-refractivity contribution in [1.29, 1.82) is 0 Å². The lowest BCUT2D eigenvalue weighted by Crippen LogP contribution is -2.07. The van der Waals surface area contributed by atoms with E-state index in [9.17, 15) is 4.79 Å². The summed E-state index contributed by atoms with van der Waals surface area (Å²) in [5.41, 5.74) is 8.28. The second kappa shape index (κ2) is 3.84. The molecule has 0 atom stereocenters. The van der Waals surface area contributed by atoms with Crippen LogP contribution in [0.25, 0.3) is 5.65 Å². The number of nitrogens with zero attached hydrogens (tertiary/aromatic N) is 2. The molecule has 0 aliphatic carbocycles. The normalized spacial score (nSPS) is 10.6. The number of rotatable bonds is 2. The Labute approximate surface area is 92.8 Å². The fraction of sp³-hybridized carbons (Fsp3) is 0.273. The molecule has 0 saturated heterocycles. The fourth-order valence-electron chi connectivity index (χ4n) is 1.55. The summed E-state index contributed by atoms with van der Waals surface area (Å²) in [6.07, 6.45) is 1.94. The van der Waals surface area contributed by atoms with Gasteiger partial charge in [0.05, 0.1) is 19.2 Å². The number of imidazole rings is 1. The number of ether oxygens (including phenoxy) is 1. The van der Waals surface area contributed by atoms with Crippen molar-refractivity contribution >= 4 is 17.4 Å². The molecule has 0 amide bonds. The average molecular weight is 219 g/mol. The number of carbonyl (C=O) groups is 1. The van der Waals surface area contributed by atoms with E-state index in [0.29, 0.717) is 11.5 Å². The van der Waals surface area contributed by atoms with Crippen LogP contribution in [0.1, 0.15) is 11.3 Å². The van der Waals surface area contributed by atoms with Crippen LogP contribution in [0.4, 0.5) is 5.82 Å². The number of carbonyl (C=O) groups excluding carboxylic acids is 1. The predicted octanol–water partition coefficient (Wildman–Crippen LogP) is 0.940. The lowest BCUT2D eigenvalue weighted by Gasteiger charge is -1.98. The maximum atomic E-state index is 11.2. The molecule has 2 aromatic rings. The number of esters is 1. The first-order chi connectivity index (χ1) is 7.61. The van der Waals surface area contributed by atoms with Gasteiger partial charge in [0.1, 0.15) is 11.5 Å². The molecule has 0 aliphatic heterocycles. The maximum absolute atomic E-state index is 11.2. The van der Waals surface area contributed by atoms with Crippen LogP contribution in [0.5, 0.6) is 0 Å². The van der Waals surface area contributed by atoms with Crippen molar-refractivity contribution in [3.63, 3.8) is 0 Å². The molecule has 2 N–H and O–H groups in total. The number of anilines is 1. The number of aryl methyl sites for hydroxylation is 1. The molecule has 0 saturated carbocycles. The lowest BCUT2D eigenvalue weighted by molar-refractivity contribution is -0.139. The Bertz CT molecular complexity index is 545. The molecule has 0 aromatic carbocycles. The number of hydrogen-bond acceptors (Lipinski definition) is 4. The third kappa shape index (κ3) is 1.71. The van der Waals surface area contributed by atoms with E-state index < -0.39 is 0 Å². The zero-order valence-electron chi connectivity index (χ0n) is 9.23. The van der Waals surface area contributed by atoms with Crippen molar-refractivity contribution < 1.29 is 9.53 Å². The third-order valence-corrected chi connectivity index (χ3v) is 2.43. The van der Waals surface area contributed by atoms with Crippen LogP contribution in [-0.4, -0.2) is 22.5 Å². The topological polar surface area (TPSA) is 69.6 Å². The monoisotopic (exact) mass is 219 g/mol. The largest absolute Gasteiger partial charge is 0.469 e. The van der Waals surface area contributed by atoms with E-state index in [2.05, 4.69) is 9.72 Å². The van der Waals surface area contributed by atoms with Crippen LogP contribution in [0, 0.1) is 6.92 Å². The van der Waals surface area contributed by atoms with Gasteiger partial charge in [-0.1, -0.05) is 0 Å². The van der Waals surface area contributed by atoms with Crippen molar-refractivity contribution in [2.24, 2.45) is 0 Å². The van der Waals surface area contributed by atoms with Gasteiger partial charge in [-0.15, -0.1) is 0 Å². The van der Waals surface area contributed by atoms with Crippen LogP contribution < -0.4 is 5.73 Å². The van der Waals surface area contributed by atoms with E-state index in [4.69, 9.17) is 5.73 Å². The highest BCUT2D eigenvalue weighted by Crippen LogP contribution is 2.16. The number of methoxy groups -OCH3 is 1. The summed E-state index contributed by atoms with van der Waals surface area (Å²) in [7, 11) is 1.35. The zero-order chi connectivity index (χ0) is 11.7. The molecule has 0 bridgehead atoms. The Hall–Kier alpha value is -2.04. The average Bonchev–Trinajstić information content (AvgIpc) is 2.55. The summed E-state index contributed by atoms with van der Waals surface area (Å²) >= 11 is 0. The minimum absolute atomic E-state index is 0.100. The van der Waals surface area contributed by atoms with Crippen LogP contribution in [-0.2, 0) is 16.0 Å². The summed E-state index contributed by atoms with van der Waals surface area (Å²) in [6.45, 7) is 1.98. The predicted molar refractivity (Wildman–Crippen MR) is 60.1 cm³/mol. The van der Waals surface area contributed by atoms with Gasteiger partial charge in [0.15, 0.2) is 0 Å². The zero-order valence-corrected chi connectivity index (χ0v) is 9.23. The number of aromatic nitrogens is 2. The van der Waals surface area contributed by atoms with Crippen molar-refractivity contribution in [2.45, 2.75) is 13.3 Å².